The highest BCUT2D eigenvalue weighted by molar-refractivity contribution is 7.92. The number of carbonyl (C=O) groups excluding carboxylic acids is 1. The lowest BCUT2D eigenvalue weighted by Gasteiger charge is -2.12. The molecule has 0 radical (unpaired) electrons. The summed E-state index contributed by atoms with van der Waals surface area (Å²) in [5.41, 5.74) is 1.99. The molecule has 1 aliphatic rings. The number of hydrogen-bond donors (Lipinski definition) is 2. The van der Waals surface area contributed by atoms with Crippen molar-refractivity contribution in [2.24, 2.45) is 0 Å². The second-order valence-corrected chi connectivity index (χ2v) is 10.5. The van der Waals surface area contributed by atoms with Crippen LogP contribution in [0.1, 0.15) is 61.4 Å². The molecule has 1 amide bonds. The highest BCUT2D eigenvalue weighted by Crippen LogP contribution is 2.24. The third-order valence-corrected chi connectivity index (χ3v) is 7.27. The van der Waals surface area contributed by atoms with Crippen molar-refractivity contribution in [2.75, 3.05) is 4.72 Å². The first kappa shape index (κ1) is 23.8. The fourth-order valence-electron chi connectivity index (χ4n) is 3.87. The Morgan fingerprint density at radius 1 is 0.971 bits per heavy atom. The van der Waals surface area contributed by atoms with E-state index in [1.165, 1.54) is 6.20 Å². The van der Waals surface area contributed by atoms with Crippen LogP contribution >= 0.6 is 0 Å². The number of nitrogens with one attached hydrogen (secondary N) is 2. The number of pyridine rings is 1. The Morgan fingerprint density at radius 2 is 1.65 bits per heavy atom. The van der Waals surface area contributed by atoms with Gasteiger partial charge >= 0.3 is 0 Å². The largest absolute Gasteiger partial charge is 0.439 e. The number of ether oxygens (including phenoxy) is 1. The summed E-state index contributed by atoms with van der Waals surface area (Å²) in [6.45, 7) is 4.12. The van der Waals surface area contributed by atoms with Crippen molar-refractivity contribution < 1.29 is 17.9 Å². The van der Waals surface area contributed by atoms with Crippen LogP contribution in [0.5, 0.6) is 11.6 Å². The highest BCUT2D eigenvalue weighted by Gasteiger charge is 2.18. The Bertz CT molecular complexity index is 1220. The molecule has 1 aliphatic carbocycles. The Balaban J connectivity index is 1.35. The van der Waals surface area contributed by atoms with Gasteiger partial charge in [0, 0.05) is 24.0 Å². The number of amides is 1. The summed E-state index contributed by atoms with van der Waals surface area (Å²) in [5.74, 6) is 1.05. The van der Waals surface area contributed by atoms with Crippen molar-refractivity contribution in [3.05, 3.63) is 78.0 Å². The molecule has 2 N–H and O–H groups in total. The zero-order chi connectivity index (χ0) is 24.1. The van der Waals surface area contributed by atoms with E-state index in [0.717, 1.165) is 31.2 Å². The smallest absolute Gasteiger partial charge is 0.261 e. The lowest BCUT2D eigenvalue weighted by molar-refractivity contribution is 0.0937. The van der Waals surface area contributed by atoms with E-state index in [1.54, 1.807) is 48.5 Å². The highest BCUT2D eigenvalue weighted by atomic mass is 32.2. The third-order valence-electron chi connectivity index (χ3n) is 5.87. The number of anilines is 1. The molecule has 8 heteroatoms. The summed E-state index contributed by atoms with van der Waals surface area (Å²) in [4.78, 5) is 16.7. The van der Waals surface area contributed by atoms with Gasteiger partial charge in [-0.05, 0) is 66.8 Å². The molecule has 1 heterocycles. The van der Waals surface area contributed by atoms with Gasteiger partial charge in [-0.3, -0.25) is 9.52 Å². The lowest BCUT2D eigenvalue weighted by atomic mass is 10.0. The van der Waals surface area contributed by atoms with Gasteiger partial charge in [-0.15, -0.1) is 0 Å². The normalized spacial score (nSPS) is 14.2. The molecule has 0 atom stereocenters. The Kier molecular flexibility index (Phi) is 7.17. The maximum atomic E-state index is 12.7. The lowest BCUT2D eigenvalue weighted by Crippen LogP contribution is -2.32. The molecule has 0 saturated heterocycles. The number of nitrogens with zero attached hydrogens (tertiary/aromatic N) is 1. The Morgan fingerprint density at radius 3 is 2.24 bits per heavy atom. The second-order valence-electron chi connectivity index (χ2n) is 8.80. The third kappa shape index (κ3) is 5.94. The van der Waals surface area contributed by atoms with Gasteiger partial charge in [-0.25, -0.2) is 13.4 Å². The van der Waals surface area contributed by atoms with Gasteiger partial charge in [0.2, 0.25) is 5.88 Å². The van der Waals surface area contributed by atoms with Crippen molar-refractivity contribution in [2.45, 2.75) is 56.4 Å². The summed E-state index contributed by atoms with van der Waals surface area (Å²) in [6.07, 6.45) is 5.85. The zero-order valence-corrected chi connectivity index (χ0v) is 20.1. The van der Waals surface area contributed by atoms with Crippen LogP contribution in [0, 0.1) is 0 Å². The molecule has 7 nitrogen and oxygen atoms in total. The number of benzene rings is 2. The fraction of sp³-hybridized carbons (Fsp3) is 0.308. The van der Waals surface area contributed by atoms with Crippen molar-refractivity contribution in [3.8, 4) is 11.6 Å². The van der Waals surface area contributed by atoms with Crippen LogP contribution in [0.25, 0.3) is 0 Å². The van der Waals surface area contributed by atoms with Crippen LogP contribution in [0.3, 0.4) is 0 Å². The summed E-state index contributed by atoms with van der Waals surface area (Å²) in [5, 5.41) is 3.03. The first-order chi connectivity index (χ1) is 16.3. The maximum Gasteiger partial charge on any atom is 0.261 e. The first-order valence-electron chi connectivity index (χ1n) is 11.5. The van der Waals surface area contributed by atoms with Crippen molar-refractivity contribution in [3.63, 3.8) is 0 Å². The molecule has 4 rings (SSSR count). The minimum Gasteiger partial charge on any atom is -0.439 e. The standard InChI is InChI=1S/C26H29N3O4S/c1-18(2)19-7-14-24(15-8-19)34(31,32)29-22-10-12-23(13-11-22)33-25-16-9-20(17-27-25)26(30)28-21-5-3-4-6-21/h7-18,21,29H,3-6H2,1-2H3,(H,28,30). The van der Waals surface area contributed by atoms with Gasteiger partial charge in [0.25, 0.3) is 15.9 Å². The van der Waals surface area contributed by atoms with Crippen LogP contribution in [0.2, 0.25) is 0 Å². The monoisotopic (exact) mass is 479 g/mol. The van der Waals surface area contributed by atoms with E-state index in [2.05, 4.69) is 28.9 Å². The van der Waals surface area contributed by atoms with E-state index in [9.17, 15) is 13.2 Å². The second kappa shape index (κ2) is 10.3. The van der Waals surface area contributed by atoms with E-state index in [4.69, 9.17) is 4.74 Å². The predicted octanol–water partition coefficient (Wildman–Crippen LogP) is 5.47. The molecule has 34 heavy (non-hydrogen) atoms. The van der Waals surface area contributed by atoms with Crippen LogP contribution in [-0.2, 0) is 10.0 Å². The fourth-order valence-corrected chi connectivity index (χ4v) is 4.93. The van der Waals surface area contributed by atoms with Crippen LogP contribution in [0.15, 0.2) is 71.8 Å². The van der Waals surface area contributed by atoms with E-state index < -0.39 is 10.0 Å². The van der Waals surface area contributed by atoms with Gasteiger partial charge in [0.1, 0.15) is 5.75 Å². The molecule has 1 saturated carbocycles. The topological polar surface area (TPSA) is 97.4 Å². The van der Waals surface area contributed by atoms with Crippen molar-refractivity contribution in [1.82, 2.24) is 10.3 Å². The minimum absolute atomic E-state index is 0.124. The van der Waals surface area contributed by atoms with Crippen LogP contribution in [0.4, 0.5) is 5.69 Å². The summed E-state index contributed by atoms with van der Waals surface area (Å²) in [6, 6.07) is 17.0. The molecule has 0 unspecified atom stereocenters. The van der Waals surface area contributed by atoms with Crippen LogP contribution < -0.4 is 14.8 Å². The van der Waals surface area contributed by atoms with E-state index in [-0.39, 0.29) is 16.8 Å². The van der Waals surface area contributed by atoms with Gasteiger partial charge in [-0.1, -0.05) is 38.8 Å². The average Bonchev–Trinajstić information content (AvgIpc) is 3.34. The molecule has 0 bridgehead atoms. The molecule has 2 aromatic carbocycles. The van der Waals surface area contributed by atoms with Gasteiger partial charge in [-0.2, -0.15) is 0 Å². The maximum absolute atomic E-state index is 12.7. The van der Waals surface area contributed by atoms with Crippen LogP contribution in [-0.4, -0.2) is 25.4 Å². The summed E-state index contributed by atoms with van der Waals surface area (Å²) in [7, 11) is -3.69. The molecule has 0 spiro atoms. The number of hydrogen-bond acceptors (Lipinski definition) is 5. The number of sulfonamides is 1. The van der Waals surface area contributed by atoms with E-state index in [0.29, 0.717) is 28.8 Å². The molecular formula is C26H29N3O4S. The SMILES string of the molecule is CC(C)c1ccc(S(=O)(=O)Nc2ccc(Oc3ccc(C(=O)NC4CCCC4)cn3)cc2)cc1. The Labute approximate surface area is 200 Å². The molecule has 0 aliphatic heterocycles. The minimum atomic E-state index is -3.69. The van der Waals surface area contributed by atoms with Gasteiger partial charge in [0.05, 0.1) is 10.5 Å². The average molecular weight is 480 g/mol. The Hall–Kier alpha value is -3.39. The molecule has 178 valence electrons. The first-order valence-corrected chi connectivity index (χ1v) is 13.0. The van der Waals surface area contributed by atoms with Crippen molar-refractivity contribution >= 4 is 21.6 Å². The predicted molar refractivity (Wildman–Crippen MR) is 132 cm³/mol. The summed E-state index contributed by atoms with van der Waals surface area (Å²) < 4.78 is 33.7. The molecule has 1 aromatic heterocycles. The summed E-state index contributed by atoms with van der Waals surface area (Å²) >= 11 is 0. The molecular weight excluding hydrogens is 450 g/mol. The van der Waals surface area contributed by atoms with E-state index >= 15 is 0 Å². The zero-order valence-electron chi connectivity index (χ0n) is 19.3. The van der Waals surface area contributed by atoms with Gasteiger partial charge < -0.3 is 10.1 Å². The number of rotatable bonds is 8. The van der Waals surface area contributed by atoms with E-state index in [1.807, 2.05) is 12.1 Å². The molecule has 1 fully saturated rings. The number of aromatic nitrogens is 1. The van der Waals surface area contributed by atoms with Gasteiger partial charge in [0.15, 0.2) is 0 Å². The molecule has 3 aromatic rings. The number of carbonyl (C=O) groups is 1. The quantitative estimate of drug-likeness (QED) is 0.446. The van der Waals surface area contributed by atoms with Crippen molar-refractivity contribution in [1.29, 1.82) is 0 Å².